The van der Waals surface area contributed by atoms with Gasteiger partial charge in [0.25, 0.3) is 0 Å². The van der Waals surface area contributed by atoms with Crippen molar-refractivity contribution < 1.29 is 0 Å². The van der Waals surface area contributed by atoms with E-state index in [1.54, 1.807) is 0 Å². The van der Waals surface area contributed by atoms with Gasteiger partial charge in [-0.15, -0.1) is 0 Å². The van der Waals surface area contributed by atoms with Gasteiger partial charge in [-0.25, -0.2) is 9.97 Å². The van der Waals surface area contributed by atoms with Crippen LogP contribution in [0.1, 0.15) is 51.0 Å². The fourth-order valence-corrected chi connectivity index (χ4v) is 4.30. The number of piperidine rings is 1. The van der Waals surface area contributed by atoms with Gasteiger partial charge in [-0.05, 0) is 43.4 Å². The number of aromatic nitrogens is 2. The van der Waals surface area contributed by atoms with Crippen molar-refractivity contribution in [3.8, 4) is 11.4 Å². The van der Waals surface area contributed by atoms with Gasteiger partial charge in [0.2, 0.25) is 0 Å². The number of nitrogens with zero attached hydrogens (tertiary/aromatic N) is 3. The molecular weight excluding hydrogens is 342 g/mol. The molecule has 146 valence electrons. The third-order valence-corrected chi connectivity index (χ3v) is 5.99. The van der Waals surface area contributed by atoms with E-state index >= 15 is 0 Å². The van der Waals surface area contributed by atoms with Crippen molar-refractivity contribution in [2.75, 3.05) is 18.0 Å². The van der Waals surface area contributed by atoms with Gasteiger partial charge in [0.1, 0.15) is 5.82 Å². The molecule has 2 heterocycles. The number of unbranched alkanes of at least 4 members (excludes halogenated alkanes) is 2. The lowest BCUT2D eigenvalue weighted by molar-refractivity contribution is 0.368. The molecular formula is C25H31N3. The molecule has 0 atom stereocenters. The van der Waals surface area contributed by atoms with Crippen molar-refractivity contribution in [3.05, 3.63) is 54.1 Å². The molecule has 0 spiro atoms. The van der Waals surface area contributed by atoms with Crippen LogP contribution in [0.2, 0.25) is 0 Å². The van der Waals surface area contributed by atoms with Crippen LogP contribution in [0.4, 0.5) is 5.82 Å². The second-order valence-electron chi connectivity index (χ2n) is 8.18. The van der Waals surface area contributed by atoms with Gasteiger partial charge in [0.15, 0.2) is 5.82 Å². The molecule has 0 radical (unpaired) electrons. The number of aryl methyl sites for hydroxylation is 1. The molecule has 3 nitrogen and oxygen atoms in total. The lowest BCUT2D eigenvalue weighted by Crippen LogP contribution is -2.34. The lowest BCUT2D eigenvalue weighted by atomic mass is 9.91. The topological polar surface area (TPSA) is 29.0 Å². The van der Waals surface area contributed by atoms with E-state index in [-0.39, 0.29) is 0 Å². The molecule has 1 saturated heterocycles. The third kappa shape index (κ3) is 4.19. The van der Waals surface area contributed by atoms with Gasteiger partial charge in [0.05, 0.1) is 5.52 Å². The molecule has 0 N–H and O–H groups in total. The summed E-state index contributed by atoms with van der Waals surface area (Å²) < 4.78 is 0. The molecule has 0 amide bonds. The second kappa shape index (κ2) is 8.72. The quantitative estimate of drug-likeness (QED) is 0.468. The van der Waals surface area contributed by atoms with Crippen LogP contribution in [0.5, 0.6) is 0 Å². The van der Waals surface area contributed by atoms with E-state index in [1.807, 2.05) is 6.07 Å². The highest BCUT2D eigenvalue weighted by Gasteiger charge is 2.22. The first kappa shape index (κ1) is 18.9. The summed E-state index contributed by atoms with van der Waals surface area (Å²) in [5, 5.41) is 1.18. The summed E-state index contributed by atoms with van der Waals surface area (Å²) in [4.78, 5) is 12.4. The van der Waals surface area contributed by atoms with Crippen LogP contribution in [-0.4, -0.2) is 23.1 Å². The predicted octanol–water partition coefficient (Wildman–Crippen LogP) is 6.40. The van der Waals surface area contributed by atoms with Crippen molar-refractivity contribution in [2.45, 2.75) is 52.4 Å². The average molecular weight is 374 g/mol. The molecule has 0 unspecified atom stereocenters. The summed E-state index contributed by atoms with van der Waals surface area (Å²) in [6.45, 7) is 6.62. The molecule has 0 saturated carbocycles. The van der Waals surface area contributed by atoms with E-state index in [0.29, 0.717) is 0 Å². The van der Waals surface area contributed by atoms with Gasteiger partial charge in [0, 0.05) is 24.0 Å². The van der Waals surface area contributed by atoms with Crippen LogP contribution in [-0.2, 0) is 0 Å². The zero-order valence-corrected chi connectivity index (χ0v) is 17.2. The molecule has 0 bridgehead atoms. The number of fused-ring (bicyclic) bond motifs is 1. The van der Waals surface area contributed by atoms with Gasteiger partial charge in [-0.3, -0.25) is 0 Å². The molecule has 2 aromatic carbocycles. The zero-order valence-electron chi connectivity index (χ0n) is 17.2. The highest BCUT2D eigenvalue weighted by molar-refractivity contribution is 5.91. The van der Waals surface area contributed by atoms with E-state index in [4.69, 9.17) is 9.97 Å². The predicted molar refractivity (Wildman–Crippen MR) is 119 cm³/mol. The summed E-state index contributed by atoms with van der Waals surface area (Å²) in [5.74, 6) is 2.82. The Balaban J connectivity index is 1.63. The largest absolute Gasteiger partial charge is 0.356 e. The highest BCUT2D eigenvalue weighted by Crippen LogP contribution is 2.32. The Morgan fingerprint density at radius 3 is 2.50 bits per heavy atom. The first-order chi connectivity index (χ1) is 13.7. The van der Waals surface area contributed by atoms with Gasteiger partial charge < -0.3 is 4.90 Å². The Kier molecular flexibility index (Phi) is 5.90. The number of rotatable bonds is 6. The lowest BCUT2D eigenvalue weighted by Gasteiger charge is -2.33. The number of hydrogen-bond acceptors (Lipinski definition) is 3. The molecule has 3 aromatic rings. The minimum atomic E-state index is 0.832. The molecule has 28 heavy (non-hydrogen) atoms. The summed E-state index contributed by atoms with van der Waals surface area (Å²) in [5.41, 5.74) is 3.38. The van der Waals surface area contributed by atoms with Crippen molar-refractivity contribution in [2.24, 2.45) is 5.92 Å². The maximum Gasteiger partial charge on any atom is 0.162 e. The Hall–Kier alpha value is -2.42. The van der Waals surface area contributed by atoms with Crippen LogP contribution in [0.15, 0.2) is 48.5 Å². The van der Waals surface area contributed by atoms with Crippen molar-refractivity contribution in [3.63, 3.8) is 0 Å². The fourth-order valence-electron chi connectivity index (χ4n) is 4.30. The highest BCUT2D eigenvalue weighted by atomic mass is 15.2. The first-order valence-corrected chi connectivity index (χ1v) is 10.8. The van der Waals surface area contributed by atoms with E-state index in [9.17, 15) is 0 Å². The van der Waals surface area contributed by atoms with E-state index in [2.05, 4.69) is 61.2 Å². The average Bonchev–Trinajstić information content (AvgIpc) is 2.74. The van der Waals surface area contributed by atoms with Crippen LogP contribution in [0, 0.1) is 12.8 Å². The maximum atomic E-state index is 5.04. The fraction of sp³-hybridized carbons (Fsp3) is 0.440. The van der Waals surface area contributed by atoms with Crippen LogP contribution < -0.4 is 4.90 Å². The Morgan fingerprint density at radius 1 is 0.964 bits per heavy atom. The molecule has 1 aliphatic heterocycles. The molecule has 1 fully saturated rings. The maximum absolute atomic E-state index is 5.04. The van der Waals surface area contributed by atoms with Crippen molar-refractivity contribution >= 4 is 16.7 Å². The second-order valence-corrected chi connectivity index (χ2v) is 8.18. The Morgan fingerprint density at radius 2 is 1.75 bits per heavy atom. The molecule has 4 rings (SSSR count). The number of hydrogen-bond donors (Lipinski definition) is 0. The van der Waals surface area contributed by atoms with Crippen LogP contribution in [0.25, 0.3) is 22.3 Å². The van der Waals surface area contributed by atoms with Crippen molar-refractivity contribution in [1.82, 2.24) is 9.97 Å². The molecule has 3 heteroatoms. The summed E-state index contributed by atoms with van der Waals surface area (Å²) in [7, 11) is 0. The Labute approximate surface area is 168 Å². The standard InChI is InChI=1S/C25H31N3/c1-3-4-6-9-20-14-16-28(17-15-20)25-22-13-12-19(2)18-23(22)26-24(27-25)21-10-7-5-8-11-21/h5,7-8,10-13,18,20H,3-4,6,9,14-17H2,1-2H3. The van der Waals surface area contributed by atoms with Crippen molar-refractivity contribution in [1.29, 1.82) is 0 Å². The van der Waals surface area contributed by atoms with Crippen LogP contribution in [0.3, 0.4) is 0 Å². The third-order valence-electron chi connectivity index (χ3n) is 5.99. The molecule has 1 aliphatic rings. The summed E-state index contributed by atoms with van der Waals surface area (Å²) >= 11 is 0. The van der Waals surface area contributed by atoms with E-state index in [0.717, 1.165) is 41.7 Å². The van der Waals surface area contributed by atoms with Crippen LogP contribution >= 0.6 is 0 Å². The SMILES string of the molecule is CCCCCC1CCN(c2nc(-c3ccccc3)nc3cc(C)ccc23)CC1. The molecule has 1 aromatic heterocycles. The zero-order chi connectivity index (χ0) is 19.3. The number of anilines is 1. The first-order valence-electron chi connectivity index (χ1n) is 10.8. The van der Waals surface area contributed by atoms with Gasteiger partial charge in [-0.2, -0.15) is 0 Å². The minimum absolute atomic E-state index is 0.832. The van der Waals surface area contributed by atoms with Gasteiger partial charge >= 0.3 is 0 Å². The Bertz CT molecular complexity index is 912. The summed E-state index contributed by atoms with van der Waals surface area (Å²) in [6.07, 6.45) is 8.02. The smallest absolute Gasteiger partial charge is 0.162 e. The van der Waals surface area contributed by atoms with E-state index < -0.39 is 0 Å². The normalized spacial score (nSPS) is 15.3. The minimum Gasteiger partial charge on any atom is -0.356 e. The summed E-state index contributed by atoms with van der Waals surface area (Å²) in [6, 6.07) is 16.9. The van der Waals surface area contributed by atoms with Gasteiger partial charge in [-0.1, -0.05) is 69.0 Å². The monoisotopic (exact) mass is 373 g/mol. The molecule has 0 aliphatic carbocycles. The number of benzene rings is 2. The van der Waals surface area contributed by atoms with E-state index in [1.165, 1.54) is 49.5 Å².